The van der Waals surface area contributed by atoms with Crippen LogP contribution in [0.1, 0.15) is 16.7 Å². The summed E-state index contributed by atoms with van der Waals surface area (Å²) in [4.78, 5) is 4.47. The Morgan fingerprint density at radius 3 is 2.31 bits per heavy atom. The summed E-state index contributed by atoms with van der Waals surface area (Å²) in [5.74, 6) is 2.08. The molecule has 0 radical (unpaired) electrons. The lowest BCUT2D eigenvalue weighted by Crippen LogP contribution is -1.98. The molecule has 0 bridgehead atoms. The summed E-state index contributed by atoms with van der Waals surface area (Å²) in [5, 5.41) is 10.5. The summed E-state index contributed by atoms with van der Waals surface area (Å²) < 4.78 is 24.5. The van der Waals surface area contributed by atoms with Crippen molar-refractivity contribution in [2.45, 2.75) is 6.61 Å². The molecule has 0 aliphatic heterocycles. The topological polar surface area (TPSA) is 84.8 Å². The SMILES string of the molecule is N#Cc1c(N=Cc2cc(Br)c(OCc3ccccc3Cl)c(Br)c2)oc(-c2ccco2)c1-c1ccco1. The van der Waals surface area contributed by atoms with Crippen molar-refractivity contribution >= 4 is 55.6 Å². The van der Waals surface area contributed by atoms with Crippen molar-refractivity contribution < 1.29 is 18.0 Å². The molecule has 0 aliphatic carbocycles. The second kappa shape index (κ2) is 10.6. The maximum atomic E-state index is 9.91. The fourth-order valence-corrected chi connectivity index (χ4v) is 5.18. The third kappa shape index (κ3) is 4.91. The number of hydrogen-bond acceptors (Lipinski definition) is 6. The largest absolute Gasteiger partial charge is 0.486 e. The van der Waals surface area contributed by atoms with Crippen LogP contribution in [0.2, 0.25) is 5.02 Å². The van der Waals surface area contributed by atoms with Gasteiger partial charge in [-0.2, -0.15) is 5.26 Å². The van der Waals surface area contributed by atoms with Crippen LogP contribution in [0.4, 0.5) is 5.88 Å². The van der Waals surface area contributed by atoms with E-state index in [0.717, 1.165) is 20.1 Å². The maximum Gasteiger partial charge on any atom is 0.238 e. The fraction of sp³-hybridized carbons (Fsp3) is 0.0370. The first-order valence-electron chi connectivity index (χ1n) is 10.6. The van der Waals surface area contributed by atoms with E-state index in [0.29, 0.717) is 40.2 Å². The number of rotatable bonds is 7. The van der Waals surface area contributed by atoms with Crippen LogP contribution >= 0.6 is 43.5 Å². The van der Waals surface area contributed by atoms with Crippen LogP contribution in [0.25, 0.3) is 22.8 Å². The van der Waals surface area contributed by atoms with Crippen molar-refractivity contribution in [3.8, 4) is 34.7 Å². The molecular formula is C27H15Br2ClN2O4. The molecule has 3 heterocycles. The molecule has 9 heteroatoms. The summed E-state index contributed by atoms with van der Waals surface area (Å²) in [5.41, 5.74) is 2.35. The highest BCUT2D eigenvalue weighted by molar-refractivity contribution is 9.11. The molecule has 0 N–H and O–H groups in total. The molecule has 6 nitrogen and oxygen atoms in total. The van der Waals surface area contributed by atoms with E-state index < -0.39 is 0 Å². The molecular weight excluding hydrogens is 612 g/mol. The van der Waals surface area contributed by atoms with Gasteiger partial charge < -0.3 is 18.0 Å². The average molecular weight is 627 g/mol. The first-order valence-corrected chi connectivity index (χ1v) is 12.6. The molecule has 5 aromatic rings. The standard InChI is InChI=1S/C27H15Br2ClN2O4/c28-19-11-16(12-20(29)25(19)35-15-17-5-1-2-6-21(17)30)14-32-27-18(13-31)24(22-7-3-9-33-22)26(36-27)23-8-4-10-34-23/h1-12,14H,15H2. The van der Waals surface area contributed by atoms with Crippen molar-refractivity contribution in [2.75, 3.05) is 0 Å². The van der Waals surface area contributed by atoms with Crippen molar-refractivity contribution in [1.82, 2.24) is 0 Å². The van der Waals surface area contributed by atoms with Crippen LogP contribution in [-0.2, 0) is 6.61 Å². The average Bonchev–Trinajstić information content (AvgIpc) is 3.63. The minimum Gasteiger partial charge on any atom is -0.486 e. The Labute approximate surface area is 228 Å². The lowest BCUT2D eigenvalue weighted by molar-refractivity contribution is 0.302. The molecule has 0 atom stereocenters. The molecule has 0 saturated carbocycles. The lowest BCUT2D eigenvalue weighted by Gasteiger charge is -2.12. The number of ether oxygens (including phenoxy) is 1. The Hall–Kier alpha value is -3.51. The zero-order chi connectivity index (χ0) is 25.1. The number of aliphatic imine (C=N–C) groups is 1. The predicted octanol–water partition coefficient (Wildman–Crippen LogP) is 9.18. The van der Waals surface area contributed by atoms with Gasteiger partial charge in [-0.25, -0.2) is 4.99 Å². The number of halogens is 3. The highest BCUT2D eigenvalue weighted by Crippen LogP contribution is 2.43. The van der Waals surface area contributed by atoms with Crippen molar-refractivity contribution in [2.24, 2.45) is 4.99 Å². The molecule has 0 fully saturated rings. The third-order valence-corrected chi connectivity index (χ3v) is 6.74. The van der Waals surface area contributed by atoms with Crippen LogP contribution in [0.15, 0.2) is 100 Å². The Morgan fingerprint density at radius 2 is 1.67 bits per heavy atom. The van der Waals surface area contributed by atoms with Crippen LogP contribution < -0.4 is 4.74 Å². The van der Waals surface area contributed by atoms with E-state index in [1.54, 1.807) is 30.5 Å². The van der Waals surface area contributed by atoms with Crippen molar-refractivity contribution in [1.29, 1.82) is 5.26 Å². The van der Waals surface area contributed by atoms with Crippen molar-refractivity contribution in [3.05, 3.63) is 104 Å². The normalized spacial score (nSPS) is 11.2. The number of nitriles is 1. The molecule has 2 aromatic carbocycles. The Balaban J connectivity index is 1.45. The minimum absolute atomic E-state index is 0.140. The van der Waals surface area contributed by atoms with Gasteiger partial charge in [-0.1, -0.05) is 29.8 Å². The lowest BCUT2D eigenvalue weighted by atomic mass is 10.1. The van der Waals surface area contributed by atoms with Crippen molar-refractivity contribution in [3.63, 3.8) is 0 Å². The molecule has 5 rings (SSSR count). The van der Waals surface area contributed by atoms with Gasteiger partial charge in [0.15, 0.2) is 11.5 Å². The molecule has 0 spiro atoms. The first-order chi connectivity index (χ1) is 17.5. The van der Waals surface area contributed by atoms with Gasteiger partial charge >= 0.3 is 0 Å². The predicted molar refractivity (Wildman–Crippen MR) is 144 cm³/mol. The summed E-state index contributed by atoms with van der Waals surface area (Å²) in [6.45, 7) is 0.313. The summed E-state index contributed by atoms with van der Waals surface area (Å²) in [6, 6.07) is 20.4. The molecule has 178 valence electrons. The second-order valence-corrected chi connectivity index (χ2v) is 9.62. The highest BCUT2D eigenvalue weighted by atomic mass is 79.9. The third-order valence-electron chi connectivity index (χ3n) is 5.20. The van der Waals surface area contributed by atoms with Gasteiger partial charge in [-0.15, -0.1) is 0 Å². The van der Waals surface area contributed by atoms with E-state index in [-0.39, 0.29) is 11.4 Å². The van der Waals surface area contributed by atoms with Crippen LogP contribution in [0.3, 0.4) is 0 Å². The zero-order valence-electron chi connectivity index (χ0n) is 18.4. The Morgan fingerprint density at radius 1 is 0.972 bits per heavy atom. The first kappa shape index (κ1) is 24.2. The highest BCUT2D eigenvalue weighted by Gasteiger charge is 2.26. The van der Waals surface area contributed by atoms with E-state index >= 15 is 0 Å². The van der Waals surface area contributed by atoms with Crippen LogP contribution in [0, 0.1) is 11.3 Å². The van der Waals surface area contributed by atoms with Crippen LogP contribution in [-0.4, -0.2) is 6.21 Å². The van der Waals surface area contributed by atoms with Gasteiger partial charge in [0.1, 0.15) is 29.7 Å². The molecule has 3 aromatic heterocycles. The maximum absolute atomic E-state index is 9.91. The second-order valence-electron chi connectivity index (χ2n) is 7.50. The minimum atomic E-state index is 0.140. The summed E-state index contributed by atoms with van der Waals surface area (Å²) in [6.07, 6.45) is 4.66. The van der Waals surface area contributed by atoms with Gasteiger partial charge in [0, 0.05) is 16.8 Å². The molecule has 0 aliphatic rings. The van der Waals surface area contributed by atoms with Gasteiger partial charge in [0.05, 0.1) is 27.0 Å². The van der Waals surface area contributed by atoms with E-state index in [2.05, 4.69) is 42.9 Å². The number of furan rings is 3. The monoisotopic (exact) mass is 624 g/mol. The Bertz CT molecular complexity index is 1560. The Kier molecular flexibility index (Phi) is 7.14. The molecule has 0 saturated heterocycles. The van der Waals surface area contributed by atoms with E-state index in [1.807, 2.05) is 36.4 Å². The van der Waals surface area contributed by atoms with E-state index in [9.17, 15) is 5.26 Å². The van der Waals surface area contributed by atoms with E-state index in [4.69, 9.17) is 29.6 Å². The molecule has 0 amide bonds. The van der Waals surface area contributed by atoms with Gasteiger partial charge in [0.25, 0.3) is 0 Å². The number of benzene rings is 2. The number of nitrogens with zero attached hydrogens (tertiary/aromatic N) is 2. The summed E-state index contributed by atoms with van der Waals surface area (Å²) >= 11 is 13.4. The van der Waals surface area contributed by atoms with Gasteiger partial charge in [0.2, 0.25) is 5.88 Å². The zero-order valence-corrected chi connectivity index (χ0v) is 22.3. The van der Waals surface area contributed by atoms with E-state index in [1.165, 1.54) is 12.5 Å². The van der Waals surface area contributed by atoms with Gasteiger partial charge in [-0.3, -0.25) is 0 Å². The molecule has 36 heavy (non-hydrogen) atoms. The van der Waals surface area contributed by atoms with Gasteiger partial charge in [-0.05, 0) is 79.9 Å². The molecule has 0 unspecified atom stereocenters. The smallest absolute Gasteiger partial charge is 0.238 e. The van der Waals surface area contributed by atoms with Crippen LogP contribution in [0.5, 0.6) is 5.75 Å². The quantitative estimate of drug-likeness (QED) is 0.168. The number of hydrogen-bond donors (Lipinski definition) is 0. The fourth-order valence-electron chi connectivity index (χ4n) is 3.54. The summed E-state index contributed by atoms with van der Waals surface area (Å²) in [7, 11) is 0.